The number of unbranched alkanes of at least 4 members (excludes halogenated alkanes) is 13. The third-order valence-electron chi connectivity index (χ3n) is 6.36. The zero-order valence-corrected chi connectivity index (χ0v) is 19.4. The molecule has 0 bridgehead atoms. The van der Waals surface area contributed by atoms with E-state index in [1.165, 1.54) is 108 Å². The zero-order valence-electron chi connectivity index (χ0n) is 19.4. The second-order valence-corrected chi connectivity index (χ2v) is 8.89. The molecule has 2 nitrogen and oxygen atoms in total. The summed E-state index contributed by atoms with van der Waals surface area (Å²) in [6.45, 7) is 7.84. The number of nitrogens with zero attached hydrogens (tertiary/aromatic N) is 2. The molecule has 0 radical (unpaired) electrons. The fourth-order valence-electron chi connectivity index (χ4n) is 4.36. The Morgan fingerprint density at radius 3 is 1.76 bits per heavy atom. The molecule has 0 amide bonds. The summed E-state index contributed by atoms with van der Waals surface area (Å²) in [4.78, 5) is 0. The van der Waals surface area contributed by atoms with E-state index in [2.05, 4.69) is 59.5 Å². The molecule has 162 valence electrons. The van der Waals surface area contributed by atoms with E-state index < -0.39 is 0 Å². The van der Waals surface area contributed by atoms with Gasteiger partial charge in [-0.25, -0.2) is 0 Å². The Morgan fingerprint density at radius 2 is 1.21 bits per heavy atom. The summed E-state index contributed by atoms with van der Waals surface area (Å²) in [5.41, 5.74) is 1.40. The van der Waals surface area contributed by atoms with Gasteiger partial charge < -0.3 is 0 Å². The van der Waals surface area contributed by atoms with Crippen LogP contribution in [0, 0.1) is 0 Å². The molecule has 0 fully saturated rings. The van der Waals surface area contributed by atoms with E-state index >= 15 is 0 Å². The molecule has 0 saturated carbocycles. The molecule has 0 saturated heterocycles. The van der Waals surface area contributed by atoms with E-state index in [1.807, 2.05) is 0 Å². The summed E-state index contributed by atoms with van der Waals surface area (Å²) in [5.74, 6) is 1.42. The van der Waals surface area contributed by atoms with Gasteiger partial charge in [-0.15, -0.1) is 4.58 Å². The van der Waals surface area contributed by atoms with Gasteiger partial charge in [0.25, 0.3) is 0 Å². The van der Waals surface area contributed by atoms with Crippen molar-refractivity contribution in [1.29, 1.82) is 0 Å². The molecule has 0 atom stereocenters. The fraction of sp³-hybridized carbons (Fsp3) is 0.704. The molecule has 0 aliphatic carbocycles. The molecule has 0 N–H and O–H groups in total. The minimum atomic E-state index is 1.03. The maximum absolute atomic E-state index is 2.49. The van der Waals surface area contributed by atoms with Crippen molar-refractivity contribution in [2.45, 2.75) is 110 Å². The largest absolute Gasteiger partial charge is 0.410 e. The Bertz CT molecular complexity index is 600. The second-order valence-electron chi connectivity index (χ2n) is 8.89. The average Bonchev–Trinajstić information content (AvgIpc) is 3.08. The predicted molar refractivity (Wildman–Crippen MR) is 127 cm³/mol. The van der Waals surface area contributed by atoms with E-state index in [4.69, 9.17) is 0 Å². The van der Waals surface area contributed by atoms with Crippen molar-refractivity contribution >= 4 is 12.1 Å². The highest BCUT2D eigenvalue weighted by atomic mass is 15.2. The molecule has 0 unspecified atom stereocenters. The van der Waals surface area contributed by atoms with Gasteiger partial charge in [-0.05, 0) is 6.42 Å². The van der Waals surface area contributed by atoms with Crippen molar-refractivity contribution in [1.82, 2.24) is 0 Å². The first-order chi connectivity index (χ1) is 14.3. The van der Waals surface area contributed by atoms with Crippen LogP contribution >= 0.6 is 0 Å². The minimum absolute atomic E-state index is 1.03. The molecule has 1 heterocycles. The van der Waals surface area contributed by atoms with E-state index in [1.54, 1.807) is 0 Å². The quantitative estimate of drug-likeness (QED) is 0.193. The highest BCUT2D eigenvalue weighted by molar-refractivity contribution is 5.75. The molecule has 1 aliphatic rings. The SMILES string of the molecule is CCCCCCCCCCCCCCCC[N+]1=CC[N+](Cc2ccccc2)=C1C. The Balaban J connectivity index is 1.43. The predicted octanol–water partition coefficient (Wildman–Crippen LogP) is 7.20. The Labute approximate surface area is 180 Å². The van der Waals surface area contributed by atoms with Crippen LogP contribution in [0.4, 0.5) is 0 Å². The second kappa shape index (κ2) is 15.4. The molecular weight excluding hydrogens is 352 g/mol. The molecule has 0 spiro atoms. The highest BCUT2D eigenvalue weighted by Crippen LogP contribution is 2.13. The first-order valence-electron chi connectivity index (χ1n) is 12.5. The van der Waals surface area contributed by atoms with Gasteiger partial charge in [0.05, 0.1) is 6.92 Å². The number of hydrogen-bond donors (Lipinski definition) is 0. The standard InChI is InChI=1S/C27H46N2/c1-3-4-5-6-7-8-9-10-11-12-13-14-15-19-22-28-23-24-29(26(28)2)25-27-20-17-16-18-21-27/h16-18,20-21,23H,3-15,19,22,24-25H2,1-2H3/q+2. The maximum Gasteiger partial charge on any atom is 0.410 e. The summed E-state index contributed by atoms with van der Waals surface area (Å²) in [7, 11) is 0. The van der Waals surface area contributed by atoms with Crippen LogP contribution in [-0.2, 0) is 6.54 Å². The molecular formula is C27H46N2+2. The Morgan fingerprint density at radius 1 is 0.690 bits per heavy atom. The van der Waals surface area contributed by atoms with Gasteiger partial charge in [-0.2, -0.15) is 4.58 Å². The van der Waals surface area contributed by atoms with Crippen LogP contribution in [0.15, 0.2) is 30.3 Å². The Kier molecular flexibility index (Phi) is 12.7. The lowest BCUT2D eigenvalue weighted by atomic mass is 10.0. The summed E-state index contributed by atoms with van der Waals surface area (Å²) in [6.07, 6.45) is 22.4. The number of hydrogen-bond acceptors (Lipinski definition) is 0. The van der Waals surface area contributed by atoms with Crippen LogP contribution in [-0.4, -0.2) is 34.3 Å². The van der Waals surface area contributed by atoms with E-state index in [0.29, 0.717) is 0 Å². The maximum atomic E-state index is 2.49. The van der Waals surface area contributed by atoms with Crippen LogP contribution < -0.4 is 0 Å². The minimum Gasteiger partial charge on any atom is -0.165 e. The van der Waals surface area contributed by atoms with Crippen molar-refractivity contribution in [2.75, 3.05) is 13.1 Å². The molecule has 0 aromatic heterocycles. The summed E-state index contributed by atoms with van der Waals surface area (Å²) in [6, 6.07) is 10.8. The number of benzene rings is 1. The first kappa shape index (κ1) is 23.8. The van der Waals surface area contributed by atoms with Crippen molar-refractivity contribution < 1.29 is 9.15 Å². The molecule has 1 aromatic carbocycles. The van der Waals surface area contributed by atoms with Gasteiger partial charge in [0, 0.05) is 12.0 Å². The molecule has 2 rings (SSSR count). The topological polar surface area (TPSA) is 6.02 Å². The van der Waals surface area contributed by atoms with Crippen molar-refractivity contribution in [3.8, 4) is 0 Å². The third kappa shape index (κ3) is 10.2. The lowest BCUT2D eigenvalue weighted by Crippen LogP contribution is -2.22. The fourth-order valence-corrected chi connectivity index (χ4v) is 4.36. The summed E-state index contributed by atoms with van der Waals surface area (Å²) in [5, 5.41) is 0. The lowest BCUT2D eigenvalue weighted by Gasteiger charge is -2.03. The zero-order chi connectivity index (χ0) is 20.6. The van der Waals surface area contributed by atoms with Crippen molar-refractivity contribution in [2.24, 2.45) is 0 Å². The lowest BCUT2D eigenvalue weighted by molar-refractivity contribution is -0.559. The van der Waals surface area contributed by atoms with Gasteiger partial charge in [-0.3, -0.25) is 0 Å². The van der Waals surface area contributed by atoms with Crippen LogP contribution in [0.25, 0.3) is 0 Å². The molecule has 29 heavy (non-hydrogen) atoms. The number of amidine groups is 1. The van der Waals surface area contributed by atoms with Crippen LogP contribution in [0.1, 0.15) is 109 Å². The van der Waals surface area contributed by atoms with E-state index in [9.17, 15) is 0 Å². The third-order valence-corrected chi connectivity index (χ3v) is 6.36. The van der Waals surface area contributed by atoms with Crippen molar-refractivity contribution in [3.05, 3.63) is 35.9 Å². The van der Waals surface area contributed by atoms with Crippen LogP contribution in [0.5, 0.6) is 0 Å². The Hall–Kier alpha value is -1.44. The summed E-state index contributed by atoms with van der Waals surface area (Å²) < 4.78 is 4.96. The highest BCUT2D eigenvalue weighted by Gasteiger charge is 2.27. The van der Waals surface area contributed by atoms with Crippen molar-refractivity contribution in [3.63, 3.8) is 0 Å². The van der Waals surface area contributed by atoms with E-state index in [0.717, 1.165) is 13.1 Å². The van der Waals surface area contributed by atoms with Gasteiger partial charge in [-0.1, -0.05) is 114 Å². The van der Waals surface area contributed by atoms with E-state index in [-0.39, 0.29) is 0 Å². The van der Waals surface area contributed by atoms with Gasteiger partial charge in [0.15, 0.2) is 13.1 Å². The monoisotopic (exact) mass is 398 g/mol. The molecule has 1 aromatic rings. The number of rotatable bonds is 17. The molecule has 2 heteroatoms. The van der Waals surface area contributed by atoms with Crippen LogP contribution in [0.3, 0.4) is 0 Å². The smallest absolute Gasteiger partial charge is 0.165 e. The average molecular weight is 399 g/mol. The molecule has 1 aliphatic heterocycles. The summed E-state index contributed by atoms with van der Waals surface area (Å²) >= 11 is 0. The normalized spacial score (nSPS) is 13.9. The first-order valence-corrected chi connectivity index (χ1v) is 12.5. The van der Waals surface area contributed by atoms with Gasteiger partial charge >= 0.3 is 5.84 Å². The van der Waals surface area contributed by atoms with Crippen LogP contribution in [0.2, 0.25) is 0 Å². The van der Waals surface area contributed by atoms with Gasteiger partial charge in [0.2, 0.25) is 12.8 Å². The van der Waals surface area contributed by atoms with Gasteiger partial charge in [0.1, 0.15) is 0 Å².